The normalized spacial score (nSPS) is 11.1. The molecule has 0 bridgehead atoms. The molecule has 0 atom stereocenters. The van der Waals surface area contributed by atoms with Crippen LogP contribution in [0.15, 0.2) is 18.2 Å². The largest absolute Gasteiger partial charge is 0.313 e. The molecule has 0 spiro atoms. The number of hydrogen-bond donors (Lipinski definition) is 1. The van der Waals surface area contributed by atoms with Gasteiger partial charge in [-0.3, -0.25) is 4.68 Å². The van der Waals surface area contributed by atoms with E-state index in [9.17, 15) is 4.39 Å². The molecule has 0 aliphatic rings. The maximum absolute atomic E-state index is 13.2. The summed E-state index contributed by atoms with van der Waals surface area (Å²) in [6.07, 6.45) is 0. The lowest BCUT2D eigenvalue weighted by molar-refractivity contribution is 0.622. The van der Waals surface area contributed by atoms with Crippen molar-refractivity contribution in [3.63, 3.8) is 0 Å². The molecule has 1 aromatic heterocycles. The molecule has 20 heavy (non-hydrogen) atoms. The number of halogens is 2. The first-order valence-electron chi connectivity index (χ1n) is 6.70. The lowest BCUT2D eigenvalue weighted by Gasteiger charge is -2.07. The molecule has 3 nitrogen and oxygen atoms in total. The van der Waals surface area contributed by atoms with Gasteiger partial charge in [-0.25, -0.2) is 4.39 Å². The third kappa shape index (κ3) is 3.19. The summed E-state index contributed by atoms with van der Waals surface area (Å²) in [5, 5.41) is 8.02. The van der Waals surface area contributed by atoms with Crippen molar-refractivity contribution in [1.29, 1.82) is 0 Å². The van der Waals surface area contributed by atoms with E-state index in [1.54, 1.807) is 12.1 Å². The van der Waals surface area contributed by atoms with Crippen molar-refractivity contribution in [2.75, 3.05) is 6.54 Å². The predicted octanol–water partition coefficient (Wildman–Crippen LogP) is 3.45. The minimum atomic E-state index is -0.392. The minimum Gasteiger partial charge on any atom is -0.313 e. The number of benzene rings is 1. The molecule has 0 aliphatic carbocycles. The summed E-state index contributed by atoms with van der Waals surface area (Å²) >= 11 is 5.81. The quantitative estimate of drug-likeness (QED) is 0.915. The van der Waals surface area contributed by atoms with E-state index in [0.717, 1.165) is 30.0 Å². The molecule has 108 valence electrons. The molecule has 0 unspecified atom stereocenters. The number of aromatic nitrogens is 2. The van der Waals surface area contributed by atoms with Crippen molar-refractivity contribution < 1.29 is 4.39 Å². The molecule has 0 fully saturated rings. The van der Waals surface area contributed by atoms with Gasteiger partial charge in [0.25, 0.3) is 0 Å². The van der Waals surface area contributed by atoms with E-state index < -0.39 is 5.82 Å². The van der Waals surface area contributed by atoms with Crippen molar-refractivity contribution in [2.24, 2.45) is 0 Å². The summed E-state index contributed by atoms with van der Waals surface area (Å²) in [6.45, 7) is 8.48. The van der Waals surface area contributed by atoms with Crippen molar-refractivity contribution in [2.45, 2.75) is 33.9 Å². The molecule has 1 aromatic carbocycles. The van der Waals surface area contributed by atoms with Crippen LogP contribution >= 0.6 is 11.6 Å². The Kier molecular flexibility index (Phi) is 4.78. The predicted molar refractivity (Wildman–Crippen MR) is 79.6 cm³/mol. The maximum atomic E-state index is 13.2. The molecule has 0 amide bonds. The molecule has 2 aromatic rings. The van der Waals surface area contributed by atoms with Gasteiger partial charge < -0.3 is 5.32 Å². The second-order valence-corrected chi connectivity index (χ2v) is 5.24. The van der Waals surface area contributed by atoms with E-state index in [-0.39, 0.29) is 5.02 Å². The highest BCUT2D eigenvalue weighted by molar-refractivity contribution is 6.30. The van der Waals surface area contributed by atoms with E-state index in [4.69, 9.17) is 11.6 Å². The standard InChI is InChI=1S/C15H19ClFN3/c1-4-18-8-13-10(2)19-20(11(13)3)9-12-5-6-15(17)14(16)7-12/h5-7,18H,4,8-9H2,1-3H3. The fourth-order valence-electron chi connectivity index (χ4n) is 2.20. The average molecular weight is 296 g/mol. The van der Waals surface area contributed by atoms with Crippen LogP contribution in [0.3, 0.4) is 0 Å². The zero-order chi connectivity index (χ0) is 14.7. The Labute approximate surface area is 123 Å². The molecule has 0 saturated heterocycles. The van der Waals surface area contributed by atoms with Gasteiger partial charge in [0.05, 0.1) is 17.3 Å². The van der Waals surface area contributed by atoms with Crippen LogP contribution in [0, 0.1) is 19.7 Å². The van der Waals surface area contributed by atoms with Crippen LogP contribution < -0.4 is 5.32 Å². The molecule has 0 aliphatic heterocycles. The van der Waals surface area contributed by atoms with Gasteiger partial charge in [0.2, 0.25) is 0 Å². The van der Waals surface area contributed by atoms with Crippen molar-refractivity contribution in [1.82, 2.24) is 15.1 Å². The Morgan fingerprint density at radius 3 is 2.75 bits per heavy atom. The monoisotopic (exact) mass is 295 g/mol. The van der Waals surface area contributed by atoms with Gasteiger partial charge in [0, 0.05) is 17.8 Å². The number of nitrogens with one attached hydrogen (secondary N) is 1. The fourth-order valence-corrected chi connectivity index (χ4v) is 2.41. The molecule has 0 saturated carbocycles. The van der Waals surface area contributed by atoms with Gasteiger partial charge >= 0.3 is 0 Å². The molecular formula is C15H19ClFN3. The van der Waals surface area contributed by atoms with Crippen molar-refractivity contribution in [3.05, 3.63) is 51.6 Å². The van der Waals surface area contributed by atoms with Crippen LogP contribution in [0.25, 0.3) is 0 Å². The molecule has 0 radical (unpaired) electrons. The SMILES string of the molecule is CCNCc1c(C)nn(Cc2ccc(F)c(Cl)c2)c1C. The average Bonchev–Trinajstić information content (AvgIpc) is 2.67. The third-order valence-corrected chi connectivity index (χ3v) is 3.69. The minimum absolute atomic E-state index is 0.150. The van der Waals surface area contributed by atoms with Crippen LogP contribution in [0.1, 0.15) is 29.4 Å². The van der Waals surface area contributed by atoms with E-state index in [1.807, 2.05) is 11.6 Å². The van der Waals surface area contributed by atoms with Crippen molar-refractivity contribution >= 4 is 11.6 Å². The summed E-state index contributed by atoms with van der Waals surface area (Å²) in [4.78, 5) is 0. The highest BCUT2D eigenvalue weighted by Gasteiger charge is 2.11. The van der Waals surface area contributed by atoms with Gasteiger partial charge in [0.1, 0.15) is 5.82 Å². The highest BCUT2D eigenvalue weighted by Crippen LogP contribution is 2.19. The lowest BCUT2D eigenvalue weighted by Crippen LogP contribution is -2.13. The number of aryl methyl sites for hydroxylation is 1. The van der Waals surface area contributed by atoms with Gasteiger partial charge in [-0.15, -0.1) is 0 Å². The summed E-state index contributed by atoms with van der Waals surface area (Å²) < 4.78 is 15.1. The summed E-state index contributed by atoms with van der Waals surface area (Å²) in [7, 11) is 0. The van der Waals surface area contributed by atoms with Crippen LogP contribution in [0.2, 0.25) is 5.02 Å². The first-order valence-corrected chi connectivity index (χ1v) is 7.08. The Morgan fingerprint density at radius 2 is 2.10 bits per heavy atom. The lowest BCUT2D eigenvalue weighted by atomic mass is 10.2. The second kappa shape index (κ2) is 6.37. The van der Waals surface area contributed by atoms with Gasteiger partial charge in [0.15, 0.2) is 0 Å². The molecule has 2 rings (SSSR count). The van der Waals surface area contributed by atoms with Crippen molar-refractivity contribution in [3.8, 4) is 0 Å². The second-order valence-electron chi connectivity index (χ2n) is 4.84. The zero-order valence-electron chi connectivity index (χ0n) is 12.0. The summed E-state index contributed by atoms with van der Waals surface area (Å²) in [6, 6.07) is 4.78. The Hall–Kier alpha value is -1.39. The highest BCUT2D eigenvalue weighted by atomic mass is 35.5. The van der Waals surface area contributed by atoms with E-state index >= 15 is 0 Å². The van der Waals surface area contributed by atoms with Crippen LogP contribution in [0.5, 0.6) is 0 Å². The Bertz CT molecular complexity index is 607. The summed E-state index contributed by atoms with van der Waals surface area (Å²) in [5.41, 5.74) is 4.32. The van der Waals surface area contributed by atoms with Crippen LogP contribution in [-0.2, 0) is 13.1 Å². The van der Waals surface area contributed by atoms with Gasteiger partial charge in [-0.2, -0.15) is 5.10 Å². The zero-order valence-corrected chi connectivity index (χ0v) is 12.8. The first kappa shape index (κ1) is 15.0. The molecule has 1 heterocycles. The Balaban J connectivity index is 2.23. The maximum Gasteiger partial charge on any atom is 0.141 e. The molecule has 1 N–H and O–H groups in total. The van der Waals surface area contributed by atoms with E-state index in [2.05, 4.69) is 24.3 Å². The van der Waals surface area contributed by atoms with Crippen LogP contribution in [0.4, 0.5) is 4.39 Å². The number of rotatable bonds is 5. The molecular weight excluding hydrogens is 277 g/mol. The number of hydrogen-bond acceptors (Lipinski definition) is 2. The van der Waals surface area contributed by atoms with Gasteiger partial charge in [-0.05, 0) is 38.1 Å². The van der Waals surface area contributed by atoms with E-state index in [0.29, 0.717) is 6.54 Å². The number of nitrogens with zero attached hydrogens (tertiary/aromatic N) is 2. The smallest absolute Gasteiger partial charge is 0.141 e. The van der Waals surface area contributed by atoms with Gasteiger partial charge in [-0.1, -0.05) is 24.6 Å². The topological polar surface area (TPSA) is 29.9 Å². The molecule has 5 heteroatoms. The van der Waals surface area contributed by atoms with E-state index in [1.165, 1.54) is 11.6 Å². The van der Waals surface area contributed by atoms with Crippen LogP contribution in [-0.4, -0.2) is 16.3 Å². The Morgan fingerprint density at radius 1 is 1.35 bits per heavy atom. The fraction of sp³-hybridized carbons (Fsp3) is 0.400. The summed E-state index contributed by atoms with van der Waals surface area (Å²) in [5.74, 6) is -0.392. The third-order valence-electron chi connectivity index (χ3n) is 3.40. The first-order chi connectivity index (χ1) is 9.52.